The Morgan fingerprint density at radius 2 is 1.65 bits per heavy atom. The van der Waals surface area contributed by atoms with Gasteiger partial charge in [0.25, 0.3) is 5.91 Å². The second kappa shape index (κ2) is 10.6. The maximum Gasteiger partial charge on any atom is 0.260 e. The van der Waals surface area contributed by atoms with Gasteiger partial charge in [-0.15, -0.1) is 0 Å². The van der Waals surface area contributed by atoms with Gasteiger partial charge in [-0.1, -0.05) is 12.1 Å². The summed E-state index contributed by atoms with van der Waals surface area (Å²) in [6.07, 6.45) is 1.03. The molecule has 0 radical (unpaired) electrons. The van der Waals surface area contributed by atoms with E-state index in [0.717, 1.165) is 16.1 Å². The number of ether oxygens (including phenoxy) is 1. The molecule has 0 saturated heterocycles. The zero-order chi connectivity index (χ0) is 23.0. The van der Waals surface area contributed by atoms with E-state index in [0.29, 0.717) is 29.4 Å². The second-order valence-electron chi connectivity index (χ2n) is 6.69. The highest BCUT2D eigenvalue weighted by atomic mass is 32.2. The quantitative estimate of drug-likeness (QED) is 0.453. The third-order valence-electron chi connectivity index (χ3n) is 4.09. The van der Waals surface area contributed by atoms with Crippen molar-refractivity contribution >= 4 is 38.9 Å². The molecular weight excluding hydrogens is 420 g/mol. The van der Waals surface area contributed by atoms with Crippen LogP contribution in [0.5, 0.6) is 5.75 Å². The smallest absolute Gasteiger partial charge is 0.260 e. The lowest BCUT2D eigenvalue weighted by Crippen LogP contribution is -2.39. The van der Waals surface area contributed by atoms with E-state index in [1.807, 2.05) is 6.92 Å². The van der Waals surface area contributed by atoms with Gasteiger partial charge in [0.05, 0.1) is 24.3 Å². The molecule has 0 fully saturated rings. The van der Waals surface area contributed by atoms with Crippen LogP contribution in [-0.2, 0) is 19.6 Å². The summed E-state index contributed by atoms with van der Waals surface area (Å²) in [5.41, 5.74) is 4.63. The zero-order valence-electron chi connectivity index (χ0n) is 17.9. The minimum atomic E-state index is -3.69. The number of hydrogen-bond donors (Lipinski definition) is 2. The molecule has 0 aliphatic heterocycles. The summed E-state index contributed by atoms with van der Waals surface area (Å²) in [5, 5.41) is 6.70. The third kappa shape index (κ3) is 7.41. The van der Waals surface area contributed by atoms with Gasteiger partial charge in [-0.25, -0.2) is 13.8 Å². The zero-order valence-corrected chi connectivity index (χ0v) is 18.7. The molecule has 31 heavy (non-hydrogen) atoms. The summed E-state index contributed by atoms with van der Waals surface area (Å²) < 4.78 is 30.7. The van der Waals surface area contributed by atoms with Crippen molar-refractivity contribution in [1.82, 2.24) is 5.43 Å². The van der Waals surface area contributed by atoms with Crippen molar-refractivity contribution in [1.29, 1.82) is 0 Å². The van der Waals surface area contributed by atoms with E-state index in [9.17, 15) is 18.0 Å². The Morgan fingerprint density at radius 3 is 2.16 bits per heavy atom. The monoisotopic (exact) mass is 446 g/mol. The Balaban J connectivity index is 2.07. The van der Waals surface area contributed by atoms with Crippen molar-refractivity contribution in [3.63, 3.8) is 0 Å². The Hall–Kier alpha value is -3.40. The number of carbonyl (C=O) groups excluding carboxylic acids is 2. The van der Waals surface area contributed by atoms with Crippen LogP contribution in [0.25, 0.3) is 0 Å². The van der Waals surface area contributed by atoms with Gasteiger partial charge in [0.15, 0.2) is 0 Å². The van der Waals surface area contributed by atoms with Gasteiger partial charge in [0.1, 0.15) is 12.3 Å². The SMILES string of the molecule is CCOc1ccc(N(CC(=O)N/N=C(/C)c2ccc(NC(C)=O)cc2)S(C)(=O)=O)cc1. The van der Waals surface area contributed by atoms with E-state index >= 15 is 0 Å². The molecule has 0 atom stereocenters. The van der Waals surface area contributed by atoms with Crippen LogP contribution in [0.3, 0.4) is 0 Å². The van der Waals surface area contributed by atoms with Crippen LogP contribution < -0.4 is 19.8 Å². The van der Waals surface area contributed by atoms with Crippen molar-refractivity contribution in [2.24, 2.45) is 5.10 Å². The standard InChI is InChI=1S/C21H26N4O5S/c1-5-30-20-12-10-19(11-13-20)25(31(4,28)29)14-21(27)24-23-15(2)17-6-8-18(9-7-17)22-16(3)26/h6-13H,5,14H2,1-4H3,(H,22,26)(H,24,27)/b23-15-. The molecule has 0 aromatic heterocycles. The molecule has 0 aliphatic rings. The topological polar surface area (TPSA) is 117 Å². The number of anilines is 2. The predicted octanol–water partition coefficient (Wildman–Crippen LogP) is 2.35. The van der Waals surface area contributed by atoms with Gasteiger partial charge in [-0.3, -0.25) is 13.9 Å². The van der Waals surface area contributed by atoms with Crippen molar-refractivity contribution in [3.05, 3.63) is 54.1 Å². The molecule has 9 nitrogen and oxygen atoms in total. The normalized spacial score (nSPS) is 11.5. The van der Waals surface area contributed by atoms with Gasteiger partial charge in [0, 0.05) is 12.6 Å². The molecule has 2 rings (SSSR count). The van der Waals surface area contributed by atoms with Crippen LogP contribution in [-0.4, -0.2) is 45.4 Å². The number of rotatable bonds is 9. The van der Waals surface area contributed by atoms with E-state index in [2.05, 4.69) is 15.8 Å². The molecule has 2 aromatic rings. The van der Waals surface area contributed by atoms with E-state index in [1.54, 1.807) is 55.5 Å². The maximum atomic E-state index is 12.4. The molecular formula is C21H26N4O5S. The van der Waals surface area contributed by atoms with E-state index in [-0.39, 0.29) is 5.91 Å². The maximum absolute atomic E-state index is 12.4. The van der Waals surface area contributed by atoms with E-state index in [1.165, 1.54) is 6.92 Å². The van der Waals surface area contributed by atoms with Crippen molar-refractivity contribution in [3.8, 4) is 5.75 Å². The van der Waals surface area contributed by atoms with Gasteiger partial charge in [-0.05, 0) is 55.8 Å². The Labute approximate surface area is 182 Å². The van der Waals surface area contributed by atoms with Crippen molar-refractivity contribution in [2.75, 3.05) is 29.0 Å². The number of sulfonamides is 1. The van der Waals surface area contributed by atoms with E-state index < -0.39 is 22.5 Å². The lowest BCUT2D eigenvalue weighted by Gasteiger charge is -2.21. The minimum Gasteiger partial charge on any atom is -0.494 e. The first-order valence-corrected chi connectivity index (χ1v) is 11.4. The molecule has 0 aliphatic carbocycles. The largest absolute Gasteiger partial charge is 0.494 e. The summed E-state index contributed by atoms with van der Waals surface area (Å²) in [4.78, 5) is 23.4. The van der Waals surface area contributed by atoms with Gasteiger partial charge < -0.3 is 10.1 Å². The first kappa shape index (κ1) is 23.9. The van der Waals surface area contributed by atoms with E-state index in [4.69, 9.17) is 4.74 Å². The lowest BCUT2D eigenvalue weighted by molar-refractivity contribution is -0.119. The number of nitrogens with one attached hydrogen (secondary N) is 2. The number of nitrogens with zero attached hydrogens (tertiary/aromatic N) is 2. The fourth-order valence-electron chi connectivity index (χ4n) is 2.65. The first-order valence-electron chi connectivity index (χ1n) is 9.52. The molecule has 10 heteroatoms. The van der Waals surface area contributed by atoms with Crippen molar-refractivity contribution in [2.45, 2.75) is 20.8 Å². The molecule has 0 bridgehead atoms. The molecule has 166 valence electrons. The highest BCUT2D eigenvalue weighted by molar-refractivity contribution is 7.92. The third-order valence-corrected chi connectivity index (χ3v) is 5.24. The molecule has 0 saturated carbocycles. The first-order chi connectivity index (χ1) is 14.6. The molecule has 0 spiro atoms. The highest BCUT2D eigenvalue weighted by Gasteiger charge is 2.21. The Morgan fingerprint density at radius 1 is 1.03 bits per heavy atom. The average Bonchev–Trinajstić information content (AvgIpc) is 2.70. The van der Waals surface area contributed by atoms with Crippen LogP contribution in [0.2, 0.25) is 0 Å². The average molecular weight is 447 g/mol. The van der Waals surface area contributed by atoms with Crippen LogP contribution in [0.15, 0.2) is 53.6 Å². The van der Waals surface area contributed by atoms with Crippen LogP contribution in [0.4, 0.5) is 11.4 Å². The molecule has 2 aromatic carbocycles. The predicted molar refractivity (Wildman–Crippen MR) is 121 cm³/mol. The van der Waals surface area contributed by atoms with Crippen molar-refractivity contribution < 1.29 is 22.7 Å². The number of amides is 2. The summed E-state index contributed by atoms with van der Waals surface area (Å²) in [5.74, 6) is -0.157. The lowest BCUT2D eigenvalue weighted by atomic mass is 10.1. The second-order valence-corrected chi connectivity index (χ2v) is 8.59. The Kier molecular flexibility index (Phi) is 8.14. The molecule has 2 N–H and O–H groups in total. The van der Waals surface area contributed by atoms with Gasteiger partial charge in [-0.2, -0.15) is 5.10 Å². The minimum absolute atomic E-state index is 0.173. The molecule has 2 amide bonds. The van der Waals surface area contributed by atoms with Gasteiger partial charge >= 0.3 is 0 Å². The Bertz CT molecular complexity index is 1050. The summed E-state index contributed by atoms with van der Waals surface area (Å²) in [6.45, 7) is 5.04. The summed E-state index contributed by atoms with van der Waals surface area (Å²) in [7, 11) is -3.69. The number of hydrazone groups is 1. The number of benzene rings is 2. The number of carbonyl (C=O) groups is 2. The summed E-state index contributed by atoms with van der Waals surface area (Å²) in [6, 6.07) is 13.4. The van der Waals surface area contributed by atoms with Gasteiger partial charge in [0.2, 0.25) is 15.9 Å². The summed E-state index contributed by atoms with van der Waals surface area (Å²) >= 11 is 0. The fourth-order valence-corrected chi connectivity index (χ4v) is 3.51. The van der Waals surface area contributed by atoms with Crippen LogP contribution in [0.1, 0.15) is 26.3 Å². The molecule has 0 heterocycles. The van der Waals surface area contributed by atoms with Crippen LogP contribution in [0, 0.1) is 0 Å². The number of hydrogen-bond acceptors (Lipinski definition) is 6. The molecule has 0 unspecified atom stereocenters. The van der Waals surface area contributed by atoms with Crippen LogP contribution >= 0.6 is 0 Å². The highest BCUT2D eigenvalue weighted by Crippen LogP contribution is 2.21. The fraction of sp³-hybridized carbons (Fsp3) is 0.286.